The molecule has 0 bridgehead atoms. The molecule has 0 radical (unpaired) electrons. The lowest BCUT2D eigenvalue weighted by molar-refractivity contribution is 0.0993. The summed E-state index contributed by atoms with van der Waals surface area (Å²) in [5, 5.41) is 0. The summed E-state index contributed by atoms with van der Waals surface area (Å²) in [5.74, 6) is 5.27. The van der Waals surface area contributed by atoms with Gasteiger partial charge in [-0.05, 0) is 43.2 Å². The van der Waals surface area contributed by atoms with Crippen molar-refractivity contribution in [2.24, 2.45) is 5.84 Å². The second kappa shape index (κ2) is 5.71. The van der Waals surface area contributed by atoms with Crippen LogP contribution in [0.2, 0.25) is 0 Å². The number of hydrazine groups is 1. The Kier molecular flexibility index (Phi) is 4.00. The standard InChI is InChI=1S/C15H18N4O/c1-10-6-11(2)8-12(7-10)19(3)15(20)13-9-17-5-4-14(13)18-16/h4-9H,16H2,1-3H3,(H,17,18). The van der Waals surface area contributed by atoms with Crippen molar-refractivity contribution < 1.29 is 4.79 Å². The van der Waals surface area contributed by atoms with Gasteiger partial charge in [-0.1, -0.05) is 6.07 Å². The van der Waals surface area contributed by atoms with Crippen LogP contribution in [0.15, 0.2) is 36.7 Å². The van der Waals surface area contributed by atoms with Crippen molar-refractivity contribution in [3.05, 3.63) is 53.3 Å². The van der Waals surface area contributed by atoms with Crippen LogP contribution in [0.1, 0.15) is 21.5 Å². The number of pyridine rings is 1. The van der Waals surface area contributed by atoms with E-state index in [2.05, 4.69) is 16.5 Å². The van der Waals surface area contributed by atoms with E-state index in [0.29, 0.717) is 11.3 Å². The van der Waals surface area contributed by atoms with Crippen LogP contribution in [0.5, 0.6) is 0 Å². The number of carbonyl (C=O) groups excluding carboxylic acids is 1. The Morgan fingerprint density at radius 3 is 2.50 bits per heavy atom. The Bertz CT molecular complexity index is 619. The van der Waals surface area contributed by atoms with Crippen LogP contribution < -0.4 is 16.2 Å². The molecule has 0 saturated carbocycles. The van der Waals surface area contributed by atoms with Gasteiger partial charge in [0, 0.05) is 25.1 Å². The van der Waals surface area contributed by atoms with Crippen molar-refractivity contribution in [1.29, 1.82) is 0 Å². The first-order chi connectivity index (χ1) is 9.52. The van der Waals surface area contributed by atoms with Gasteiger partial charge in [0.25, 0.3) is 5.91 Å². The van der Waals surface area contributed by atoms with Gasteiger partial charge in [-0.15, -0.1) is 0 Å². The van der Waals surface area contributed by atoms with E-state index >= 15 is 0 Å². The van der Waals surface area contributed by atoms with Crippen LogP contribution in [0, 0.1) is 13.8 Å². The number of aromatic nitrogens is 1. The van der Waals surface area contributed by atoms with E-state index in [4.69, 9.17) is 5.84 Å². The first-order valence-electron chi connectivity index (χ1n) is 6.30. The largest absolute Gasteiger partial charge is 0.323 e. The summed E-state index contributed by atoms with van der Waals surface area (Å²) in [6.45, 7) is 4.01. The van der Waals surface area contributed by atoms with Crippen molar-refractivity contribution in [3.63, 3.8) is 0 Å². The fourth-order valence-corrected chi connectivity index (χ4v) is 2.13. The minimum atomic E-state index is -0.156. The Morgan fingerprint density at radius 1 is 1.25 bits per heavy atom. The first kappa shape index (κ1) is 14.0. The van der Waals surface area contributed by atoms with Crippen molar-refractivity contribution >= 4 is 17.3 Å². The van der Waals surface area contributed by atoms with Crippen LogP contribution in [0.25, 0.3) is 0 Å². The summed E-state index contributed by atoms with van der Waals surface area (Å²) in [4.78, 5) is 18.1. The molecule has 3 N–H and O–H groups in total. The third-order valence-corrected chi connectivity index (χ3v) is 3.11. The molecule has 20 heavy (non-hydrogen) atoms. The summed E-state index contributed by atoms with van der Waals surface area (Å²) in [7, 11) is 1.74. The summed E-state index contributed by atoms with van der Waals surface area (Å²) < 4.78 is 0. The number of nitrogens with one attached hydrogen (secondary N) is 1. The van der Waals surface area contributed by atoms with Crippen molar-refractivity contribution in [3.8, 4) is 0 Å². The Balaban J connectivity index is 2.37. The van der Waals surface area contributed by atoms with Gasteiger partial charge in [0.05, 0.1) is 11.3 Å². The maximum atomic E-state index is 12.5. The molecular formula is C15H18N4O. The fraction of sp³-hybridized carbons (Fsp3) is 0.200. The molecule has 1 amide bonds. The molecule has 1 aromatic heterocycles. The monoisotopic (exact) mass is 270 g/mol. The van der Waals surface area contributed by atoms with Gasteiger partial charge in [-0.3, -0.25) is 15.6 Å². The molecule has 1 heterocycles. The lowest BCUT2D eigenvalue weighted by atomic mass is 10.1. The van der Waals surface area contributed by atoms with E-state index in [1.807, 2.05) is 26.0 Å². The number of benzene rings is 1. The summed E-state index contributed by atoms with van der Waals surface area (Å²) in [6, 6.07) is 7.68. The van der Waals surface area contributed by atoms with E-state index in [1.54, 1.807) is 24.2 Å². The minimum absolute atomic E-state index is 0.156. The quantitative estimate of drug-likeness (QED) is 0.663. The predicted octanol–water partition coefficient (Wildman–Crippen LogP) is 2.26. The van der Waals surface area contributed by atoms with Gasteiger partial charge in [0.2, 0.25) is 0 Å². The van der Waals surface area contributed by atoms with Gasteiger partial charge >= 0.3 is 0 Å². The summed E-state index contributed by atoms with van der Waals surface area (Å²) in [6.07, 6.45) is 3.10. The number of nitrogens with two attached hydrogens (primary N) is 1. The number of nitrogens with zero attached hydrogens (tertiary/aromatic N) is 2. The zero-order valence-electron chi connectivity index (χ0n) is 11.8. The normalized spacial score (nSPS) is 10.2. The minimum Gasteiger partial charge on any atom is -0.323 e. The number of amides is 1. The highest BCUT2D eigenvalue weighted by molar-refractivity contribution is 6.09. The highest BCUT2D eigenvalue weighted by Gasteiger charge is 2.17. The average molecular weight is 270 g/mol. The SMILES string of the molecule is Cc1cc(C)cc(N(C)C(=O)c2cnccc2NN)c1. The van der Waals surface area contributed by atoms with Gasteiger partial charge < -0.3 is 10.3 Å². The predicted molar refractivity (Wildman–Crippen MR) is 80.7 cm³/mol. The lowest BCUT2D eigenvalue weighted by Gasteiger charge is -2.19. The molecule has 0 atom stereocenters. The third kappa shape index (κ3) is 2.78. The van der Waals surface area contributed by atoms with E-state index in [-0.39, 0.29) is 5.91 Å². The Labute approximate surface area is 118 Å². The molecule has 5 heteroatoms. The molecule has 5 nitrogen and oxygen atoms in total. The number of rotatable bonds is 3. The molecule has 2 rings (SSSR count). The molecule has 0 aliphatic rings. The van der Waals surface area contributed by atoms with Crippen LogP contribution in [-0.4, -0.2) is 17.9 Å². The Morgan fingerprint density at radius 2 is 1.90 bits per heavy atom. The molecule has 0 unspecified atom stereocenters. The smallest absolute Gasteiger partial charge is 0.261 e. The van der Waals surface area contributed by atoms with E-state index < -0.39 is 0 Å². The van der Waals surface area contributed by atoms with E-state index in [9.17, 15) is 4.79 Å². The van der Waals surface area contributed by atoms with Crippen LogP contribution in [-0.2, 0) is 0 Å². The second-order valence-corrected chi connectivity index (χ2v) is 4.78. The zero-order chi connectivity index (χ0) is 14.7. The number of hydrogen-bond donors (Lipinski definition) is 2. The summed E-state index contributed by atoms with van der Waals surface area (Å²) >= 11 is 0. The third-order valence-electron chi connectivity index (χ3n) is 3.11. The number of nitrogen functional groups attached to an aromatic ring is 1. The van der Waals surface area contributed by atoms with Crippen molar-refractivity contribution in [2.45, 2.75) is 13.8 Å². The first-order valence-corrected chi connectivity index (χ1v) is 6.30. The number of aryl methyl sites for hydroxylation is 2. The highest BCUT2D eigenvalue weighted by atomic mass is 16.2. The number of hydrogen-bond acceptors (Lipinski definition) is 4. The number of anilines is 2. The average Bonchev–Trinajstić information content (AvgIpc) is 2.44. The van der Waals surface area contributed by atoms with Gasteiger partial charge in [0.1, 0.15) is 0 Å². The van der Waals surface area contributed by atoms with E-state index in [0.717, 1.165) is 16.8 Å². The molecule has 0 spiro atoms. The fourth-order valence-electron chi connectivity index (χ4n) is 2.13. The molecule has 104 valence electrons. The molecule has 0 aliphatic heterocycles. The van der Waals surface area contributed by atoms with Crippen molar-refractivity contribution in [1.82, 2.24) is 4.98 Å². The van der Waals surface area contributed by atoms with Crippen LogP contribution >= 0.6 is 0 Å². The summed E-state index contributed by atoms with van der Waals surface area (Å²) in [5.41, 5.74) is 6.59. The van der Waals surface area contributed by atoms with Gasteiger partial charge in [0.15, 0.2) is 0 Å². The van der Waals surface area contributed by atoms with Gasteiger partial charge in [-0.25, -0.2) is 0 Å². The molecule has 0 saturated heterocycles. The maximum absolute atomic E-state index is 12.5. The lowest BCUT2D eigenvalue weighted by Crippen LogP contribution is -2.28. The molecule has 2 aromatic rings. The second-order valence-electron chi connectivity index (χ2n) is 4.78. The Hall–Kier alpha value is -2.40. The zero-order valence-corrected chi connectivity index (χ0v) is 11.8. The van der Waals surface area contributed by atoms with E-state index in [1.165, 1.54) is 6.20 Å². The van der Waals surface area contributed by atoms with Gasteiger partial charge in [-0.2, -0.15) is 0 Å². The molecule has 1 aromatic carbocycles. The van der Waals surface area contributed by atoms with Crippen molar-refractivity contribution in [2.75, 3.05) is 17.4 Å². The highest BCUT2D eigenvalue weighted by Crippen LogP contribution is 2.21. The van der Waals surface area contributed by atoms with Crippen LogP contribution in [0.3, 0.4) is 0 Å². The maximum Gasteiger partial charge on any atom is 0.261 e. The molecule has 0 aliphatic carbocycles. The molecule has 0 fully saturated rings. The molecular weight excluding hydrogens is 252 g/mol. The topological polar surface area (TPSA) is 71.2 Å². The van der Waals surface area contributed by atoms with Crippen LogP contribution in [0.4, 0.5) is 11.4 Å². The number of carbonyl (C=O) groups is 1.